The highest BCUT2D eigenvalue weighted by atomic mass is 32.2. The molecule has 14 heteroatoms. The van der Waals surface area contributed by atoms with Gasteiger partial charge in [-0.3, -0.25) is 8.42 Å². The quantitative estimate of drug-likeness (QED) is 0.173. The normalized spacial score (nSPS) is 12.8. The van der Waals surface area contributed by atoms with Crippen LogP contribution in [0.5, 0.6) is 0 Å². The van der Waals surface area contributed by atoms with Gasteiger partial charge >= 0.3 is 0 Å². The minimum absolute atomic E-state index is 0.745. The minimum Gasteiger partial charge on any atom is -0.371 e. The van der Waals surface area contributed by atoms with Crippen molar-refractivity contribution in [3.63, 3.8) is 0 Å². The van der Waals surface area contributed by atoms with Crippen LogP contribution in [0.15, 0.2) is 83.1 Å². The molecule has 8 aromatic rings. The van der Waals surface area contributed by atoms with Crippen molar-refractivity contribution >= 4 is 77.4 Å². The fraction of sp³-hybridized carbons (Fsp3) is 0.176. The largest absolute Gasteiger partial charge is 0.371 e. The Labute approximate surface area is 281 Å². The van der Waals surface area contributed by atoms with Crippen molar-refractivity contribution in [1.29, 1.82) is 0 Å². The number of nitrogens with one attached hydrogen (secondary N) is 4. The van der Waals surface area contributed by atoms with Gasteiger partial charge in [-0.2, -0.15) is 0 Å². The fourth-order valence-corrected chi connectivity index (χ4v) is 7.07. The number of aryl methyl sites for hydroxylation is 2. The molecule has 2 unspecified atom stereocenters. The molecule has 244 valence electrons. The van der Waals surface area contributed by atoms with Crippen LogP contribution < -0.4 is 10.6 Å². The number of aromatic nitrogens is 8. The first-order chi connectivity index (χ1) is 23.2. The van der Waals surface area contributed by atoms with Crippen LogP contribution in [0.1, 0.15) is 0 Å². The van der Waals surface area contributed by atoms with Crippen LogP contribution in [-0.4, -0.2) is 74.1 Å². The van der Waals surface area contributed by atoms with E-state index in [0.717, 1.165) is 88.1 Å². The molecule has 0 amide bonds. The Morgan fingerprint density at radius 2 is 1.06 bits per heavy atom. The van der Waals surface area contributed by atoms with E-state index in [1.165, 1.54) is 0 Å². The van der Waals surface area contributed by atoms with Gasteiger partial charge in [0.05, 0.1) is 23.7 Å². The summed E-state index contributed by atoms with van der Waals surface area (Å²) in [5, 5.41) is 8.23. The van der Waals surface area contributed by atoms with Crippen molar-refractivity contribution in [2.45, 2.75) is 9.79 Å². The zero-order valence-electron chi connectivity index (χ0n) is 27.2. The molecule has 0 saturated carbocycles. The second-order valence-corrected chi connectivity index (χ2v) is 14.1. The molecule has 48 heavy (non-hydrogen) atoms. The van der Waals surface area contributed by atoms with Gasteiger partial charge in [0.15, 0.2) is 11.6 Å². The zero-order chi connectivity index (χ0) is 33.7. The number of pyridine rings is 2. The number of aromatic amines is 2. The highest BCUT2D eigenvalue weighted by Gasteiger charge is 2.17. The number of benzene rings is 2. The molecule has 0 aliphatic heterocycles. The van der Waals surface area contributed by atoms with Gasteiger partial charge in [-0.25, -0.2) is 19.9 Å². The smallest absolute Gasteiger partial charge is 0.156 e. The first-order valence-electron chi connectivity index (χ1n) is 15.1. The molecule has 4 N–H and O–H groups in total. The lowest BCUT2D eigenvalue weighted by Crippen LogP contribution is -1.95. The van der Waals surface area contributed by atoms with Crippen molar-refractivity contribution in [2.75, 3.05) is 37.2 Å². The third kappa shape index (κ3) is 5.42. The maximum atomic E-state index is 11.7. The lowest BCUT2D eigenvalue weighted by molar-refractivity contribution is 0.686. The summed E-state index contributed by atoms with van der Waals surface area (Å²) in [5.74, 6) is 1.49. The molecular weight excluding hydrogens is 645 g/mol. The van der Waals surface area contributed by atoms with Gasteiger partial charge in [0, 0.05) is 94.3 Å². The van der Waals surface area contributed by atoms with E-state index in [9.17, 15) is 8.42 Å². The maximum absolute atomic E-state index is 11.7. The number of rotatable bonds is 6. The average Bonchev–Trinajstić information content (AvgIpc) is 3.89. The second kappa shape index (κ2) is 12.4. The molecule has 0 bridgehead atoms. The number of nitrogens with zero attached hydrogens (tertiary/aromatic N) is 6. The van der Waals surface area contributed by atoms with E-state index in [-0.39, 0.29) is 0 Å². The molecule has 0 spiro atoms. The lowest BCUT2D eigenvalue weighted by Gasteiger charge is -2.02. The van der Waals surface area contributed by atoms with Crippen LogP contribution in [0.25, 0.3) is 66.6 Å². The van der Waals surface area contributed by atoms with Gasteiger partial charge in [0.25, 0.3) is 0 Å². The summed E-state index contributed by atoms with van der Waals surface area (Å²) in [5.41, 5.74) is 9.22. The predicted molar refractivity (Wildman–Crippen MR) is 195 cm³/mol. The van der Waals surface area contributed by atoms with Gasteiger partial charge in [-0.05, 0) is 47.5 Å². The Balaban J connectivity index is 0.000000152. The predicted octanol–water partition coefficient (Wildman–Crippen LogP) is 5.79. The third-order valence-electron chi connectivity index (χ3n) is 8.30. The summed E-state index contributed by atoms with van der Waals surface area (Å²) >= 11 is 0. The van der Waals surface area contributed by atoms with E-state index in [1.807, 2.05) is 85.9 Å². The molecule has 6 heterocycles. The van der Waals surface area contributed by atoms with Crippen molar-refractivity contribution < 1.29 is 8.42 Å². The lowest BCUT2D eigenvalue weighted by atomic mass is 10.1. The van der Waals surface area contributed by atoms with Crippen molar-refractivity contribution in [3.05, 3.63) is 73.3 Å². The summed E-state index contributed by atoms with van der Waals surface area (Å²) < 4.78 is 27.5. The van der Waals surface area contributed by atoms with Crippen LogP contribution in [-0.2, 0) is 35.7 Å². The Morgan fingerprint density at radius 1 is 0.646 bits per heavy atom. The zero-order valence-corrected chi connectivity index (χ0v) is 28.9. The Hall–Kier alpha value is -5.34. The summed E-state index contributed by atoms with van der Waals surface area (Å²) in [6, 6.07) is 19.6. The minimum atomic E-state index is -1.01. The van der Waals surface area contributed by atoms with Crippen molar-refractivity contribution in [2.24, 2.45) is 14.1 Å². The number of H-pyrrole nitrogens is 2. The van der Waals surface area contributed by atoms with E-state index in [2.05, 4.69) is 52.7 Å². The molecule has 0 saturated heterocycles. The van der Waals surface area contributed by atoms with Gasteiger partial charge in [-0.15, -0.1) is 0 Å². The first kappa shape index (κ1) is 31.3. The van der Waals surface area contributed by atoms with Crippen LogP contribution in [0.3, 0.4) is 0 Å². The molecular formula is C34H34N10O2S2. The molecule has 2 aromatic carbocycles. The van der Waals surface area contributed by atoms with E-state index < -0.39 is 21.6 Å². The third-order valence-corrected chi connectivity index (χ3v) is 10.1. The topological polar surface area (TPSA) is 151 Å². The molecule has 2 atom stereocenters. The molecule has 0 aliphatic rings. The summed E-state index contributed by atoms with van der Waals surface area (Å²) in [4.78, 5) is 26.5. The van der Waals surface area contributed by atoms with Crippen LogP contribution in [0.2, 0.25) is 0 Å². The summed E-state index contributed by atoms with van der Waals surface area (Å²) in [6.07, 6.45) is 6.95. The Bertz CT molecular complexity index is 2370. The fourth-order valence-electron chi connectivity index (χ4n) is 5.94. The SMILES string of the molecule is CNc1nc2[nH]c(-c3cccc(S(C)=O)c3)cc2c2c1ncn2C.CNc1nc2[nH]c(-c3cccc(S(C)=O)c3)cc2c2c1ncn2C. The van der Waals surface area contributed by atoms with E-state index in [4.69, 9.17) is 0 Å². The van der Waals surface area contributed by atoms with E-state index >= 15 is 0 Å². The number of hydrogen-bond acceptors (Lipinski definition) is 8. The summed E-state index contributed by atoms with van der Waals surface area (Å²) in [6.45, 7) is 0. The maximum Gasteiger partial charge on any atom is 0.156 e. The number of anilines is 2. The van der Waals surface area contributed by atoms with Crippen LogP contribution in [0.4, 0.5) is 11.6 Å². The summed E-state index contributed by atoms with van der Waals surface area (Å²) in [7, 11) is 5.61. The molecule has 0 radical (unpaired) electrons. The highest BCUT2D eigenvalue weighted by molar-refractivity contribution is 7.84. The molecule has 0 fully saturated rings. The molecule has 12 nitrogen and oxygen atoms in total. The first-order valence-corrected chi connectivity index (χ1v) is 18.2. The number of imidazole rings is 2. The monoisotopic (exact) mass is 678 g/mol. The van der Waals surface area contributed by atoms with E-state index in [1.54, 1.807) is 25.2 Å². The van der Waals surface area contributed by atoms with Gasteiger partial charge in [0.2, 0.25) is 0 Å². The standard InChI is InChI=1S/2C17H17N5OS/c2*1-18-17-14-15(22(2)9-19-14)12-8-13(20-16(12)21-17)10-5-4-6-11(7-10)24(3)23/h2*4-9H,1-3H3,(H2,18,20,21). The van der Waals surface area contributed by atoms with E-state index in [0.29, 0.717) is 0 Å². The number of hydrogen-bond donors (Lipinski definition) is 4. The van der Waals surface area contributed by atoms with Gasteiger partial charge in [0.1, 0.15) is 22.3 Å². The van der Waals surface area contributed by atoms with Crippen molar-refractivity contribution in [3.8, 4) is 22.5 Å². The van der Waals surface area contributed by atoms with Gasteiger partial charge < -0.3 is 29.7 Å². The molecule has 6 aromatic heterocycles. The number of fused-ring (bicyclic) bond motifs is 6. The Kier molecular flexibility index (Phi) is 8.05. The van der Waals surface area contributed by atoms with Crippen LogP contribution in [0, 0.1) is 0 Å². The highest BCUT2D eigenvalue weighted by Crippen LogP contribution is 2.33. The van der Waals surface area contributed by atoms with Crippen LogP contribution >= 0.6 is 0 Å². The second-order valence-electron chi connectivity index (χ2n) is 11.4. The molecule has 8 rings (SSSR count). The van der Waals surface area contributed by atoms with Gasteiger partial charge in [-0.1, -0.05) is 24.3 Å². The Morgan fingerprint density at radius 3 is 1.44 bits per heavy atom. The molecule has 0 aliphatic carbocycles. The van der Waals surface area contributed by atoms with Crippen molar-refractivity contribution in [1.82, 2.24) is 39.0 Å². The average molecular weight is 679 g/mol.